The average molecular weight is 458 g/mol. The number of aromatic nitrogens is 3. The minimum absolute atomic E-state index is 0.215. The second kappa shape index (κ2) is 7.49. The number of nitrogens with one attached hydrogen (secondary N) is 1. The number of ether oxygens (including phenoxy) is 3. The van der Waals surface area contributed by atoms with Gasteiger partial charge in [0.2, 0.25) is 11.9 Å². The Kier molecular flexibility index (Phi) is 4.44. The predicted molar refractivity (Wildman–Crippen MR) is 126 cm³/mol. The third-order valence-electron chi connectivity index (χ3n) is 5.44. The molecule has 1 aliphatic rings. The van der Waals surface area contributed by atoms with Gasteiger partial charge in [-0.15, -0.1) is 0 Å². The van der Waals surface area contributed by atoms with Gasteiger partial charge in [0.1, 0.15) is 11.6 Å². The normalized spacial score (nSPS) is 12.4. The summed E-state index contributed by atoms with van der Waals surface area (Å²) >= 11 is 1.45. The summed E-state index contributed by atoms with van der Waals surface area (Å²) in [6.45, 7) is 2.08. The smallest absolute Gasteiger partial charge is 0.260 e. The molecule has 0 saturated heterocycles. The maximum Gasteiger partial charge on any atom is 0.260 e. The highest BCUT2D eigenvalue weighted by molar-refractivity contribution is 7.20. The van der Waals surface area contributed by atoms with Gasteiger partial charge in [-0.3, -0.25) is 4.79 Å². The van der Waals surface area contributed by atoms with Crippen LogP contribution >= 0.6 is 11.3 Å². The van der Waals surface area contributed by atoms with Gasteiger partial charge in [-0.2, -0.15) is 9.78 Å². The van der Waals surface area contributed by atoms with E-state index in [-0.39, 0.29) is 12.7 Å². The SMILES string of the molecule is COc1cc2ccccc2cc1C(=O)Nc1cc(C)nn1-c1nc2cc3c(cc2s1)OCO3. The number of amides is 1. The quantitative estimate of drug-likeness (QED) is 0.411. The number of hydrogen-bond acceptors (Lipinski definition) is 7. The highest BCUT2D eigenvalue weighted by Gasteiger charge is 2.21. The molecule has 0 radical (unpaired) electrons. The first-order valence-corrected chi connectivity index (χ1v) is 11.1. The first kappa shape index (κ1) is 19.6. The van der Waals surface area contributed by atoms with Crippen LogP contribution in [-0.2, 0) is 0 Å². The van der Waals surface area contributed by atoms with Crippen molar-refractivity contribution in [3.05, 3.63) is 65.9 Å². The fourth-order valence-corrected chi connectivity index (χ4v) is 4.82. The molecule has 164 valence electrons. The van der Waals surface area contributed by atoms with E-state index in [2.05, 4.69) is 10.4 Å². The molecule has 2 aromatic heterocycles. The van der Waals surface area contributed by atoms with Crippen LogP contribution < -0.4 is 19.5 Å². The Morgan fingerprint density at radius 2 is 1.85 bits per heavy atom. The molecule has 33 heavy (non-hydrogen) atoms. The highest BCUT2D eigenvalue weighted by Crippen LogP contribution is 2.39. The molecule has 3 heterocycles. The molecule has 1 N–H and O–H groups in total. The number of carbonyl (C=O) groups is 1. The summed E-state index contributed by atoms with van der Waals surface area (Å²) in [5, 5.41) is 10.1. The molecule has 0 fully saturated rings. The summed E-state index contributed by atoms with van der Waals surface area (Å²) in [6, 6.07) is 17.1. The topological polar surface area (TPSA) is 87.5 Å². The van der Waals surface area contributed by atoms with Crippen molar-refractivity contribution in [3.63, 3.8) is 0 Å². The molecule has 0 aliphatic carbocycles. The third kappa shape index (κ3) is 3.33. The van der Waals surface area contributed by atoms with Gasteiger partial charge in [0.15, 0.2) is 11.5 Å². The molecule has 5 aromatic rings. The van der Waals surface area contributed by atoms with E-state index < -0.39 is 0 Å². The maximum atomic E-state index is 13.3. The standard InChI is InChI=1S/C24H18N4O4S/c1-13-7-22(26-23(29)16-8-14-5-3-4-6-15(14)9-18(16)30-2)28(27-13)24-25-17-10-19-20(32-12-31-19)11-21(17)33-24/h3-11H,12H2,1-2H3,(H,26,29). The molecular formula is C24H18N4O4S. The molecule has 0 saturated carbocycles. The molecule has 0 atom stereocenters. The van der Waals surface area contributed by atoms with Crippen molar-refractivity contribution in [2.45, 2.75) is 6.92 Å². The minimum atomic E-state index is -0.291. The summed E-state index contributed by atoms with van der Waals surface area (Å²) in [7, 11) is 1.56. The molecule has 9 heteroatoms. The number of fused-ring (bicyclic) bond motifs is 3. The van der Waals surface area contributed by atoms with Gasteiger partial charge in [0.05, 0.1) is 28.6 Å². The third-order valence-corrected chi connectivity index (χ3v) is 6.43. The fraction of sp³-hybridized carbons (Fsp3) is 0.125. The maximum absolute atomic E-state index is 13.3. The van der Waals surface area contributed by atoms with E-state index in [1.807, 2.05) is 61.5 Å². The van der Waals surface area contributed by atoms with Crippen LogP contribution in [-0.4, -0.2) is 34.6 Å². The van der Waals surface area contributed by atoms with E-state index in [1.54, 1.807) is 11.8 Å². The van der Waals surface area contributed by atoms with E-state index >= 15 is 0 Å². The van der Waals surface area contributed by atoms with Crippen molar-refractivity contribution in [2.75, 3.05) is 19.2 Å². The Hall–Kier alpha value is -4.11. The summed E-state index contributed by atoms with van der Waals surface area (Å²) < 4.78 is 19.0. The van der Waals surface area contributed by atoms with Crippen LogP contribution in [0.2, 0.25) is 0 Å². The number of hydrogen-bond donors (Lipinski definition) is 1. The van der Waals surface area contributed by atoms with Crippen molar-refractivity contribution in [2.24, 2.45) is 0 Å². The second-order valence-corrected chi connectivity index (χ2v) is 8.62. The zero-order valence-electron chi connectivity index (χ0n) is 17.8. The Balaban J connectivity index is 1.37. The van der Waals surface area contributed by atoms with Crippen LogP contribution in [0.1, 0.15) is 16.1 Å². The monoisotopic (exact) mass is 458 g/mol. The molecule has 6 rings (SSSR count). The van der Waals surface area contributed by atoms with Gasteiger partial charge in [-0.1, -0.05) is 35.6 Å². The number of thiazole rings is 1. The molecule has 8 nitrogen and oxygen atoms in total. The molecule has 0 unspecified atom stereocenters. The van der Waals surface area contributed by atoms with Crippen LogP contribution in [0.25, 0.3) is 26.1 Å². The Bertz CT molecular complexity index is 1510. The van der Waals surface area contributed by atoms with Crippen LogP contribution in [0.4, 0.5) is 5.82 Å². The van der Waals surface area contributed by atoms with E-state index in [4.69, 9.17) is 19.2 Å². The highest BCUT2D eigenvalue weighted by atomic mass is 32.1. The molecule has 1 aliphatic heterocycles. The first-order valence-electron chi connectivity index (χ1n) is 10.2. The number of nitrogens with zero attached hydrogens (tertiary/aromatic N) is 3. The average Bonchev–Trinajstić information content (AvgIpc) is 3.53. The van der Waals surface area contributed by atoms with Crippen LogP contribution in [0.15, 0.2) is 54.6 Å². The lowest BCUT2D eigenvalue weighted by Crippen LogP contribution is -2.16. The number of aryl methyl sites for hydroxylation is 1. The zero-order valence-corrected chi connectivity index (χ0v) is 18.6. The number of carbonyl (C=O) groups excluding carboxylic acids is 1. The van der Waals surface area contributed by atoms with Gasteiger partial charge < -0.3 is 19.5 Å². The van der Waals surface area contributed by atoms with Crippen LogP contribution in [0, 0.1) is 6.92 Å². The summed E-state index contributed by atoms with van der Waals surface area (Å²) in [4.78, 5) is 18.0. The Labute approximate surface area is 192 Å². The molecule has 3 aromatic carbocycles. The summed E-state index contributed by atoms with van der Waals surface area (Å²) in [5.74, 6) is 2.11. The lowest BCUT2D eigenvalue weighted by atomic mass is 10.1. The van der Waals surface area contributed by atoms with E-state index in [0.29, 0.717) is 33.8 Å². The van der Waals surface area contributed by atoms with Gasteiger partial charge in [0.25, 0.3) is 5.91 Å². The summed E-state index contributed by atoms with van der Waals surface area (Å²) in [6.07, 6.45) is 0. The second-order valence-electron chi connectivity index (χ2n) is 7.61. The predicted octanol–water partition coefficient (Wildman–Crippen LogP) is 4.93. The molecule has 0 bridgehead atoms. The van der Waals surface area contributed by atoms with Crippen LogP contribution in [0.3, 0.4) is 0 Å². The van der Waals surface area contributed by atoms with Gasteiger partial charge in [0, 0.05) is 18.2 Å². The largest absolute Gasteiger partial charge is 0.496 e. The Morgan fingerprint density at radius 1 is 1.09 bits per heavy atom. The van der Waals surface area contributed by atoms with E-state index in [0.717, 1.165) is 26.7 Å². The van der Waals surface area contributed by atoms with Gasteiger partial charge in [-0.05, 0) is 29.8 Å². The van der Waals surface area contributed by atoms with Crippen molar-refractivity contribution < 1.29 is 19.0 Å². The molecule has 0 spiro atoms. The van der Waals surface area contributed by atoms with Crippen molar-refractivity contribution in [1.82, 2.24) is 14.8 Å². The van der Waals surface area contributed by atoms with Crippen LogP contribution in [0.5, 0.6) is 17.2 Å². The fourth-order valence-electron chi connectivity index (χ4n) is 3.88. The van der Waals surface area contributed by atoms with Crippen molar-refractivity contribution in [1.29, 1.82) is 0 Å². The zero-order chi connectivity index (χ0) is 22.5. The number of methoxy groups -OCH3 is 1. The summed E-state index contributed by atoms with van der Waals surface area (Å²) in [5.41, 5.74) is 1.97. The van der Waals surface area contributed by atoms with Crippen molar-refractivity contribution in [3.8, 4) is 22.4 Å². The number of rotatable bonds is 4. The molecular weight excluding hydrogens is 440 g/mol. The minimum Gasteiger partial charge on any atom is -0.496 e. The number of benzene rings is 3. The van der Waals surface area contributed by atoms with E-state index in [1.165, 1.54) is 11.3 Å². The van der Waals surface area contributed by atoms with Gasteiger partial charge in [-0.25, -0.2) is 4.98 Å². The first-order chi connectivity index (χ1) is 16.1. The lowest BCUT2D eigenvalue weighted by molar-refractivity contribution is 0.102. The number of anilines is 1. The van der Waals surface area contributed by atoms with Gasteiger partial charge >= 0.3 is 0 Å². The molecule has 1 amide bonds. The van der Waals surface area contributed by atoms with Crippen molar-refractivity contribution >= 4 is 44.1 Å². The Morgan fingerprint density at radius 3 is 2.64 bits per heavy atom. The lowest BCUT2D eigenvalue weighted by Gasteiger charge is -2.11. The van der Waals surface area contributed by atoms with E-state index in [9.17, 15) is 4.79 Å².